The Bertz CT molecular complexity index is 704. The molecule has 0 aromatic carbocycles. The van der Waals surface area contributed by atoms with E-state index in [2.05, 4.69) is 21.5 Å². The van der Waals surface area contributed by atoms with Crippen molar-refractivity contribution in [1.29, 1.82) is 0 Å². The number of imidazole rings is 1. The van der Waals surface area contributed by atoms with Crippen molar-refractivity contribution < 1.29 is 9.84 Å². The third kappa shape index (κ3) is 1.81. The molecule has 8 heteroatoms. The van der Waals surface area contributed by atoms with Gasteiger partial charge in [0.15, 0.2) is 11.2 Å². The molecule has 2 aromatic heterocycles. The third-order valence-electron chi connectivity index (χ3n) is 3.14. The minimum absolute atomic E-state index is 0.0229. The van der Waals surface area contributed by atoms with Gasteiger partial charge in [-0.3, -0.25) is 14.3 Å². The number of aliphatic hydroxyl groups excluding tert-OH is 1. The molecule has 1 saturated heterocycles. The molecule has 1 aliphatic heterocycles. The molecule has 0 saturated carbocycles. The van der Waals surface area contributed by atoms with Gasteiger partial charge in [0.25, 0.3) is 5.56 Å². The Hall–Kier alpha value is -2.19. The van der Waals surface area contributed by atoms with E-state index in [0.29, 0.717) is 12.1 Å². The van der Waals surface area contributed by atoms with Crippen molar-refractivity contribution >= 4 is 17.1 Å². The fourth-order valence-electron chi connectivity index (χ4n) is 2.18. The van der Waals surface area contributed by atoms with Crippen LogP contribution in [0.5, 0.6) is 0 Å². The SMILES string of the molecule is C=C1CC(n2cnc3c(=O)[nH]c(N)nc32)OC1CO. The predicted molar refractivity (Wildman–Crippen MR) is 67.3 cm³/mol. The molecule has 8 nitrogen and oxygen atoms in total. The van der Waals surface area contributed by atoms with E-state index in [0.717, 1.165) is 5.57 Å². The lowest BCUT2D eigenvalue weighted by Crippen LogP contribution is -2.16. The van der Waals surface area contributed by atoms with Crippen LogP contribution in [0.4, 0.5) is 5.95 Å². The highest BCUT2D eigenvalue weighted by molar-refractivity contribution is 5.70. The minimum Gasteiger partial charge on any atom is -0.393 e. The summed E-state index contributed by atoms with van der Waals surface area (Å²) in [6.07, 6.45) is 1.22. The van der Waals surface area contributed by atoms with Crippen molar-refractivity contribution in [2.24, 2.45) is 0 Å². The van der Waals surface area contributed by atoms with Crippen LogP contribution >= 0.6 is 0 Å². The lowest BCUT2D eigenvalue weighted by atomic mass is 10.1. The first-order valence-corrected chi connectivity index (χ1v) is 5.76. The highest BCUT2D eigenvalue weighted by Crippen LogP contribution is 2.32. The largest absolute Gasteiger partial charge is 0.393 e. The van der Waals surface area contributed by atoms with E-state index < -0.39 is 11.7 Å². The van der Waals surface area contributed by atoms with Gasteiger partial charge in [-0.15, -0.1) is 0 Å². The van der Waals surface area contributed by atoms with Gasteiger partial charge in [0.2, 0.25) is 5.95 Å². The molecular formula is C11H13N5O3. The first-order chi connectivity index (χ1) is 9.10. The molecule has 2 atom stereocenters. The number of nitrogens with two attached hydrogens (primary N) is 1. The summed E-state index contributed by atoms with van der Waals surface area (Å²) in [6.45, 7) is 3.72. The van der Waals surface area contributed by atoms with Crippen LogP contribution in [0.3, 0.4) is 0 Å². The zero-order valence-electron chi connectivity index (χ0n) is 10.0. The van der Waals surface area contributed by atoms with Gasteiger partial charge >= 0.3 is 0 Å². The van der Waals surface area contributed by atoms with Crippen molar-refractivity contribution in [1.82, 2.24) is 19.5 Å². The quantitative estimate of drug-likeness (QED) is 0.631. The summed E-state index contributed by atoms with van der Waals surface area (Å²) in [5.41, 5.74) is 6.50. The molecule has 100 valence electrons. The minimum atomic E-state index is -0.401. The van der Waals surface area contributed by atoms with Crippen molar-refractivity contribution in [2.75, 3.05) is 12.3 Å². The molecule has 0 spiro atoms. The Morgan fingerprint density at radius 1 is 1.68 bits per heavy atom. The normalized spacial score (nSPS) is 23.3. The number of hydrogen-bond donors (Lipinski definition) is 3. The highest BCUT2D eigenvalue weighted by Gasteiger charge is 2.30. The van der Waals surface area contributed by atoms with Crippen molar-refractivity contribution in [3.63, 3.8) is 0 Å². The van der Waals surface area contributed by atoms with Gasteiger partial charge in [-0.05, 0) is 5.57 Å². The van der Waals surface area contributed by atoms with Gasteiger partial charge in [-0.25, -0.2) is 4.98 Å². The third-order valence-corrected chi connectivity index (χ3v) is 3.14. The summed E-state index contributed by atoms with van der Waals surface area (Å²) in [5, 5.41) is 9.15. The van der Waals surface area contributed by atoms with Gasteiger partial charge < -0.3 is 15.6 Å². The molecule has 3 heterocycles. The van der Waals surface area contributed by atoms with Crippen molar-refractivity contribution in [3.8, 4) is 0 Å². The number of rotatable bonds is 2. The number of hydrogen-bond acceptors (Lipinski definition) is 6. The molecule has 1 aliphatic rings. The Labute approximate surface area is 107 Å². The molecule has 0 radical (unpaired) electrons. The van der Waals surface area contributed by atoms with Gasteiger partial charge in [-0.2, -0.15) is 4.98 Å². The summed E-state index contributed by atoms with van der Waals surface area (Å²) in [7, 11) is 0. The number of aromatic nitrogens is 4. The standard InChI is InChI=1S/C11H13N5O3/c1-5-2-7(19-6(5)3-17)16-4-13-8-9(16)14-11(12)15-10(8)18/h4,6-7,17H,1-3H2,(H3,12,14,15,18). The van der Waals surface area contributed by atoms with E-state index in [9.17, 15) is 4.79 Å². The number of nitrogens with zero attached hydrogens (tertiary/aromatic N) is 3. The van der Waals surface area contributed by atoms with E-state index in [1.807, 2.05) is 0 Å². The number of nitrogen functional groups attached to an aromatic ring is 1. The van der Waals surface area contributed by atoms with Crippen LogP contribution in [-0.4, -0.2) is 37.3 Å². The lowest BCUT2D eigenvalue weighted by Gasteiger charge is -2.13. The van der Waals surface area contributed by atoms with Gasteiger partial charge in [0.1, 0.15) is 12.3 Å². The first kappa shape index (κ1) is 11.9. The molecule has 0 bridgehead atoms. The second-order valence-corrected chi connectivity index (χ2v) is 4.40. The van der Waals surface area contributed by atoms with Crippen molar-refractivity contribution in [2.45, 2.75) is 18.8 Å². The highest BCUT2D eigenvalue weighted by atomic mass is 16.5. The van der Waals surface area contributed by atoms with Crippen LogP contribution in [0, 0.1) is 0 Å². The number of aliphatic hydroxyl groups is 1. The van der Waals surface area contributed by atoms with E-state index >= 15 is 0 Å². The number of fused-ring (bicyclic) bond motifs is 1. The topological polar surface area (TPSA) is 119 Å². The van der Waals surface area contributed by atoms with Crippen LogP contribution in [-0.2, 0) is 4.74 Å². The number of H-pyrrole nitrogens is 1. The number of nitrogens with one attached hydrogen (secondary N) is 1. The summed E-state index contributed by atoms with van der Waals surface area (Å²) in [4.78, 5) is 22.1. The summed E-state index contributed by atoms with van der Waals surface area (Å²) < 4.78 is 7.26. The zero-order chi connectivity index (χ0) is 13.6. The van der Waals surface area contributed by atoms with Gasteiger partial charge in [0.05, 0.1) is 12.9 Å². The van der Waals surface area contributed by atoms with E-state index in [4.69, 9.17) is 15.6 Å². The molecular weight excluding hydrogens is 250 g/mol. The number of aromatic amines is 1. The summed E-state index contributed by atoms with van der Waals surface area (Å²) in [5.74, 6) is 0.0229. The predicted octanol–water partition coefficient (Wildman–Crippen LogP) is -0.462. The smallest absolute Gasteiger partial charge is 0.280 e. The second-order valence-electron chi connectivity index (χ2n) is 4.40. The maximum Gasteiger partial charge on any atom is 0.280 e. The second kappa shape index (κ2) is 4.18. The van der Waals surface area contributed by atoms with Crippen LogP contribution < -0.4 is 11.3 Å². The molecule has 19 heavy (non-hydrogen) atoms. The fraction of sp³-hybridized carbons (Fsp3) is 0.364. The van der Waals surface area contributed by atoms with Gasteiger partial charge in [-0.1, -0.05) is 6.58 Å². The fourth-order valence-corrected chi connectivity index (χ4v) is 2.18. The number of anilines is 1. The van der Waals surface area contributed by atoms with Crippen LogP contribution in [0.1, 0.15) is 12.6 Å². The molecule has 0 amide bonds. The van der Waals surface area contributed by atoms with E-state index in [-0.39, 0.29) is 24.3 Å². The van der Waals surface area contributed by atoms with E-state index in [1.54, 1.807) is 4.57 Å². The van der Waals surface area contributed by atoms with Crippen LogP contribution in [0.15, 0.2) is 23.3 Å². The van der Waals surface area contributed by atoms with E-state index in [1.165, 1.54) is 6.33 Å². The average Bonchev–Trinajstić information content (AvgIpc) is 2.92. The molecule has 2 aromatic rings. The molecule has 2 unspecified atom stereocenters. The zero-order valence-corrected chi connectivity index (χ0v) is 10.0. The molecule has 3 rings (SSSR count). The Balaban J connectivity index is 2.07. The lowest BCUT2D eigenvalue weighted by molar-refractivity contribution is -0.0146. The Kier molecular flexibility index (Phi) is 2.61. The first-order valence-electron chi connectivity index (χ1n) is 5.76. The Morgan fingerprint density at radius 3 is 3.16 bits per heavy atom. The maximum absolute atomic E-state index is 11.7. The molecule has 0 aliphatic carbocycles. The van der Waals surface area contributed by atoms with Crippen LogP contribution in [0.25, 0.3) is 11.2 Å². The average molecular weight is 263 g/mol. The Morgan fingerprint density at radius 2 is 2.47 bits per heavy atom. The maximum atomic E-state index is 11.7. The monoisotopic (exact) mass is 263 g/mol. The summed E-state index contributed by atoms with van der Waals surface area (Å²) in [6, 6.07) is 0. The summed E-state index contributed by atoms with van der Waals surface area (Å²) >= 11 is 0. The molecule has 4 N–H and O–H groups in total. The van der Waals surface area contributed by atoms with Gasteiger partial charge in [0, 0.05) is 6.42 Å². The molecule has 1 fully saturated rings. The number of ether oxygens (including phenoxy) is 1. The van der Waals surface area contributed by atoms with Crippen LogP contribution in [0.2, 0.25) is 0 Å². The van der Waals surface area contributed by atoms with Crippen molar-refractivity contribution in [3.05, 3.63) is 28.8 Å².